The summed E-state index contributed by atoms with van der Waals surface area (Å²) in [6.07, 6.45) is 0. The van der Waals surface area contributed by atoms with E-state index in [0.29, 0.717) is 0 Å². The van der Waals surface area contributed by atoms with Crippen LogP contribution in [0.1, 0.15) is 0 Å². The van der Waals surface area contributed by atoms with E-state index in [4.69, 9.17) is 0 Å². The molecule has 0 heterocycles. The van der Waals surface area contributed by atoms with E-state index < -0.39 is 0 Å². The van der Waals surface area contributed by atoms with Crippen molar-refractivity contribution in [2.45, 2.75) is 0 Å². The Kier molecular flexibility index (Phi) is 8460. The Morgan fingerprint density at radius 2 is 0.300 bits per heavy atom. The first-order chi connectivity index (χ1) is 0. The zero-order valence-corrected chi connectivity index (χ0v) is 14.1. The number of rotatable bonds is 0. The monoisotopic (exact) mass is 362 g/mol. The summed E-state index contributed by atoms with van der Waals surface area (Å²) in [6.45, 7) is 0. The fraction of sp³-hybridized carbons (Fsp3) is 0. The van der Waals surface area contributed by atoms with Gasteiger partial charge in [-0.25, -0.2) is 0 Å². The normalized spacial score (nSPS) is 0. The molecule has 0 atom stereocenters. The van der Waals surface area contributed by atoms with Crippen molar-refractivity contribution in [3.05, 3.63) is 24.6 Å². The fourth-order valence-electron chi connectivity index (χ4n) is 0. The molecule has 0 amide bonds. The predicted octanol–water partition coefficient (Wildman–Crippen LogP) is -1.13. The Morgan fingerprint density at radius 1 is 0.300 bits per heavy atom. The molecule has 10 heavy (non-hydrogen) atoms. The average Bonchev–Trinajstić information content (AvgIpc) is 0. The van der Waals surface area contributed by atoms with Crippen molar-refractivity contribution < 1.29 is 0 Å². The molecule has 0 aliphatic heterocycles. The largest absolute Gasteiger partial charge is 4.00 e. The van der Waals surface area contributed by atoms with E-state index in [1.807, 2.05) is 0 Å². The van der Waals surface area contributed by atoms with E-state index in [9.17, 15) is 0 Å². The molecule has 0 N–H and O–H groups in total. The van der Waals surface area contributed by atoms with Gasteiger partial charge in [0.1, 0.15) is 0 Å². The maximum atomic E-state index is 0. The first-order valence-corrected chi connectivity index (χ1v) is 0. The van der Waals surface area contributed by atoms with Crippen LogP contribution in [0.15, 0.2) is 0 Å². The second-order valence-electron chi connectivity index (χ2n) is 0. The first kappa shape index (κ1) is 334. The van der Waals surface area contributed by atoms with Crippen molar-refractivity contribution in [3.8, 4) is 0 Å². The fourth-order valence-corrected chi connectivity index (χ4v) is 0. The summed E-state index contributed by atoms with van der Waals surface area (Å²) in [5.74, 6) is 0. The van der Waals surface area contributed by atoms with Crippen LogP contribution in [0, 0.1) is 0 Å². The van der Waals surface area contributed by atoms with Crippen LogP contribution < -0.4 is 0 Å². The van der Waals surface area contributed by atoms with Crippen molar-refractivity contribution in [3.63, 3.8) is 0 Å². The molecule has 0 saturated heterocycles. The minimum atomic E-state index is 0. The third-order valence-electron chi connectivity index (χ3n) is 0. The van der Waals surface area contributed by atoms with Gasteiger partial charge in [-0.15, -0.1) is 0 Å². The van der Waals surface area contributed by atoms with Crippen LogP contribution >= 0.6 is 0 Å². The molecule has 0 aromatic carbocycles. The Labute approximate surface area is 110 Å². The van der Waals surface area contributed by atoms with Gasteiger partial charge in [0.15, 0.2) is 0 Å². The number of hydrogen-bond donors (Lipinski definition) is 0. The van der Waals surface area contributed by atoms with Gasteiger partial charge in [-0.3, -0.25) is 0 Å². The summed E-state index contributed by atoms with van der Waals surface area (Å²) >= 11 is 0. The van der Waals surface area contributed by atoms with Crippen LogP contribution in [-0.4, -0.2) is 85.7 Å². The molecule has 0 aliphatic carbocycles. The zero-order valence-electron chi connectivity index (χ0n) is 4.79. The third kappa shape index (κ3) is 187. The molecule has 0 unspecified atom stereocenters. The molecule has 0 bridgehead atoms. The average molecular weight is 358 g/mol. The minimum Gasteiger partial charge on any atom is -3.00 e. The molecule has 4 nitrogen and oxygen atoms in total. The predicted molar refractivity (Wildman–Crippen MR) is 48.0 cm³/mol. The molecule has 0 saturated carbocycles. The second kappa shape index (κ2) is 254. The van der Waals surface area contributed by atoms with Crippen LogP contribution in [0.4, 0.5) is 0 Å². The summed E-state index contributed by atoms with van der Waals surface area (Å²) in [7, 11) is 0. The maximum Gasteiger partial charge on any atom is 4.00 e. The smallest absolute Gasteiger partial charge is 3.00 e. The van der Waals surface area contributed by atoms with Gasteiger partial charge in [-0.2, -0.15) is 0 Å². The first-order valence-electron chi connectivity index (χ1n) is 0. The molecule has 0 fully saturated rings. The number of nitrogens with zero attached hydrogens (tertiary/aromatic N) is 4. The van der Waals surface area contributed by atoms with Crippen LogP contribution in [0.5, 0.6) is 0 Å². The number of hydrogen-bond acceptors (Lipinski definition) is 0. The van der Waals surface area contributed by atoms with Crippen molar-refractivity contribution >= 4 is 85.7 Å². The van der Waals surface area contributed by atoms with Crippen LogP contribution in [-0.2, 0) is 0 Å². The molecule has 0 aromatic rings. The summed E-state index contributed by atoms with van der Waals surface area (Å²) < 4.78 is 0. The minimum absolute atomic E-state index is 0. The van der Waals surface area contributed by atoms with Crippen molar-refractivity contribution in [2.75, 3.05) is 0 Å². The molecular weight excluding hydrogens is 358 g/mol. The Balaban J connectivity index is 0. The van der Waals surface area contributed by atoms with Crippen LogP contribution in [0.2, 0.25) is 0 Å². The van der Waals surface area contributed by atoms with E-state index in [1.165, 1.54) is 0 Å². The molecule has 12 radical (unpaired) electrons. The van der Waals surface area contributed by atoms with Gasteiger partial charge in [-0.1, -0.05) is 0 Å². The summed E-state index contributed by atoms with van der Waals surface area (Å²) in [5, 5.41) is 0. The topological polar surface area (TPSA) is 122 Å². The molecule has 0 spiro atoms. The van der Waals surface area contributed by atoms with E-state index in [-0.39, 0.29) is 110 Å². The van der Waals surface area contributed by atoms with Crippen LogP contribution in [0.3, 0.4) is 0 Å². The van der Waals surface area contributed by atoms with Gasteiger partial charge in [0.25, 0.3) is 0 Å². The standard InChI is InChI=1S/3Ge.4N.3Si/q3*+4;4*-3;;;. The molecule has 0 aliphatic rings. The Morgan fingerprint density at radius 3 is 0.300 bits per heavy atom. The molecular formula is Ge3N4Si3. The van der Waals surface area contributed by atoms with E-state index in [0.717, 1.165) is 0 Å². The van der Waals surface area contributed by atoms with E-state index in [1.54, 1.807) is 0 Å². The van der Waals surface area contributed by atoms with Gasteiger partial charge < -0.3 is 24.6 Å². The maximum absolute atomic E-state index is 0. The van der Waals surface area contributed by atoms with Gasteiger partial charge in [0.05, 0.1) is 0 Å². The molecule has 44 valence electrons. The van der Waals surface area contributed by atoms with Crippen molar-refractivity contribution in [1.82, 2.24) is 0 Å². The molecule has 0 aromatic heterocycles. The third-order valence-corrected chi connectivity index (χ3v) is 0. The van der Waals surface area contributed by atoms with Crippen molar-refractivity contribution in [1.29, 1.82) is 0 Å². The summed E-state index contributed by atoms with van der Waals surface area (Å²) in [4.78, 5) is 0. The zero-order chi connectivity index (χ0) is 0. The van der Waals surface area contributed by atoms with E-state index in [2.05, 4.69) is 0 Å². The van der Waals surface area contributed by atoms with Crippen LogP contribution in [0.25, 0.3) is 24.6 Å². The Bertz CT molecular complexity index is 15.7. The van der Waals surface area contributed by atoms with E-state index >= 15 is 0 Å². The Hall–Kier alpha value is 2.12. The van der Waals surface area contributed by atoms with Gasteiger partial charge >= 0.3 is 52.8 Å². The van der Waals surface area contributed by atoms with Gasteiger partial charge in [-0.05, 0) is 0 Å². The molecule has 0 rings (SSSR count). The van der Waals surface area contributed by atoms with Crippen molar-refractivity contribution in [2.24, 2.45) is 0 Å². The summed E-state index contributed by atoms with van der Waals surface area (Å²) in [5.41, 5.74) is 0. The molecule has 10 heteroatoms. The summed E-state index contributed by atoms with van der Waals surface area (Å²) in [6, 6.07) is 0. The quantitative estimate of drug-likeness (QED) is 0.487. The second-order valence-corrected chi connectivity index (χ2v) is 0. The van der Waals surface area contributed by atoms with Gasteiger partial charge in [0.2, 0.25) is 0 Å². The van der Waals surface area contributed by atoms with Gasteiger partial charge in [0, 0.05) is 32.9 Å². The SMILES string of the molecule is [Ge+4].[Ge+4].[Ge+4].[N-3].[N-3].[N-3].[N-3].[Si].[Si].[Si].